The Labute approximate surface area is 150 Å². The second-order valence-corrected chi connectivity index (χ2v) is 7.41. The number of benzene rings is 1. The van der Waals surface area contributed by atoms with Gasteiger partial charge in [0.05, 0.1) is 0 Å². The third-order valence-electron chi connectivity index (χ3n) is 3.96. The third-order valence-corrected chi connectivity index (χ3v) is 5.82. The molecule has 0 spiro atoms. The number of rotatable bonds is 6. The van der Waals surface area contributed by atoms with Gasteiger partial charge in [0.2, 0.25) is 0 Å². The summed E-state index contributed by atoms with van der Waals surface area (Å²) in [6.45, 7) is 4.80. The summed E-state index contributed by atoms with van der Waals surface area (Å²) in [5.41, 5.74) is 0.574. The first-order valence-electron chi connectivity index (χ1n) is 7.95. The van der Waals surface area contributed by atoms with E-state index in [1.807, 2.05) is 46.9 Å². The van der Waals surface area contributed by atoms with Crippen LogP contribution in [0.3, 0.4) is 0 Å². The average Bonchev–Trinajstić information content (AvgIpc) is 3.12. The monoisotopic (exact) mass is 363 g/mol. The Morgan fingerprint density at radius 2 is 2.00 bits per heavy atom. The summed E-state index contributed by atoms with van der Waals surface area (Å²) < 4.78 is 6.67. The summed E-state index contributed by atoms with van der Waals surface area (Å²) in [5, 5.41) is 1.86. The molecule has 2 heterocycles. The van der Waals surface area contributed by atoms with Gasteiger partial charge in [-0.2, -0.15) is 0 Å². The van der Waals surface area contributed by atoms with Gasteiger partial charge < -0.3 is 9.64 Å². The van der Waals surface area contributed by atoms with Crippen molar-refractivity contribution in [3.05, 3.63) is 41.4 Å². The van der Waals surface area contributed by atoms with Crippen LogP contribution in [0.25, 0.3) is 0 Å². The molecule has 2 aromatic rings. The van der Waals surface area contributed by atoms with Crippen LogP contribution >= 0.6 is 23.1 Å². The normalized spacial score (nSPS) is 15.5. The predicted molar refractivity (Wildman–Crippen MR) is 98.2 cm³/mol. The van der Waals surface area contributed by atoms with Gasteiger partial charge >= 0.3 is 0 Å². The molecule has 1 aliphatic heterocycles. The van der Waals surface area contributed by atoms with Crippen molar-refractivity contribution in [1.82, 2.24) is 14.8 Å². The Hall–Kier alpha value is -1.57. The van der Waals surface area contributed by atoms with Crippen LogP contribution in [0.15, 0.2) is 40.1 Å². The Balaban J connectivity index is 1.41. The molecular formula is C17H21N3O2S2. The van der Waals surface area contributed by atoms with E-state index in [2.05, 4.69) is 9.88 Å². The zero-order chi connectivity index (χ0) is 16.8. The van der Waals surface area contributed by atoms with E-state index in [0.717, 1.165) is 42.8 Å². The van der Waals surface area contributed by atoms with Gasteiger partial charge in [-0.3, -0.25) is 9.69 Å². The fourth-order valence-corrected chi connectivity index (χ4v) is 3.83. The van der Waals surface area contributed by atoms with Gasteiger partial charge in [0.25, 0.3) is 5.91 Å². The highest BCUT2D eigenvalue weighted by Gasteiger charge is 2.23. The van der Waals surface area contributed by atoms with E-state index in [1.165, 1.54) is 11.3 Å². The highest BCUT2D eigenvalue weighted by Crippen LogP contribution is 2.21. The molecule has 0 aliphatic carbocycles. The lowest BCUT2D eigenvalue weighted by Crippen LogP contribution is -2.49. The van der Waals surface area contributed by atoms with Crippen molar-refractivity contribution in [2.45, 2.75) is 4.34 Å². The van der Waals surface area contributed by atoms with Crippen LogP contribution in [-0.4, -0.2) is 66.3 Å². The van der Waals surface area contributed by atoms with Gasteiger partial charge in [-0.05, 0) is 18.4 Å². The number of carbonyl (C=O) groups excluding carboxylic acids is 1. The van der Waals surface area contributed by atoms with Crippen molar-refractivity contribution in [3.63, 3.8) is 0 Å². The smallest absolute Gasteiger partial charge is 0.273 e. The van der Waals surface area contributed by atoms with Crippen molar-refractivity contribution >= 4 is 29.0 Å². The van der Waals surface area contributed by atoms with E-state index < -0.39 is 0 Å². The highest BCUT2D eigenvalue weighted by atomic mass is 32.2. The van der Waals surface area contributed by atoms with Crippen LogP contribution in [-0.2, 0) is 0 Å². The van der Waals surface area contributed by atoms with E-state index in [9.17, 15) is 4.79 Å². The number of piperazine rings is 1. The SMILES string of the molecule is CSc1nc(C(=O)N2CCN(CCOc3ccccc3)CC2)cs1. The Bertz CT molecular complexity index is 655. The second-order valence-electron chi connectivity index (χ2n) is 5.50. The zero-order valence-corrected chi connectivity index (χ0v) is 15.3. The molecule has 7 heteroatoms. The lowest BCUT2D eigenvalue weighted by atomic mass is 10.3. The zero-order valence-electron chi connectivity index (χ0n) is 13.7. The Morgan fingerprint density at radius 3 is 2.67 bits per heavy atom. The average molecular weight is 364 g/mol. The molecular weight excluding hydrogens is 342 g/mol. The van der Waals surface area contributed by atoms with Crippen LogP contribution in [0.5, 0.6) is 5.75 Å². The minimum atomic E-state index is 0.0479. The molecule has 128 valence electrons. The van der Waals surface area contributed by atoms with Gasteiger partial charge in [-0.1, -0.05) is 30.0 Å². The number of carbonyl (C=O) groups is 1. The Morgan fingerprint density at radius 1 is 1.25 bits per heavy atom. The number of thiazole rings is 1. The molecule has 0 saturated carbocycles. The van der Waals surface area contributed by atoms with Gasteiger partial charge in [-0.15, -0.1) is 11.3 Å². The van der Waals surface area contributed by atoms with E-state index in [4.69, 9.17) is 4.74 Å². The number of aromatic nitrogens is 1. The Kier molecular flexibility index (Phi) is 6.12. The molecule has 0 atom stereocenters. The molecule has 0 N–H and O–H groups in total. The molecule has 1 fully saturated rings. The summed E-state index contributed by atoms with van der Waals surface area (Å²) in [6.07, 6.45) is 1.98. The fourth-order valence-electron chi connectivity index (χ4n) is 2.60. The van der Waals surface area contributed by atoms with Crippen molar-refractivity contribution < 1.29 is 9.53 Å². The van der Waals surface area contributed by atoms with Gasteiger partial charge in [0.1, 0.15) is 22.4 Å². The first-order chi connectivity index (χ1) is 11.8. The maximum atomic E-state index is 12.5. The minimum absolute atomic E-state index is 0.0479. The van der Waals surface area contributed by atoms with Crippen LogP contribution in [0.4, 0.5) is 0 Å². The number of para-hydroxylation sites is 1. The van der Waals surface area contributed by atoms with Crippen molar-refractivity contribution in [2.75, 3.05) is 45.6 Å². The molecule has 1 aliphatic rings. The summed E-state index contributed by atoms with van der Waals surface area (Å²) >= 11 is 3.10. The lowest BCUT2D eigenvalue weighted by Gasteiger charge is -2.34. The lowest BCUT2D eigenvalue weighted by molar-refractivity contribution is 0.0615. The fraction of sp³-hybridized carbons (Fsp3) is 0.412. The standard InChI is InChI=1S/C17H21N3O2S2/c1-23-17-18-15(13-24-17)16(21)20-9-7-19(8-10-20)11-12-22-14-5-3-2-4-6-14/h2-6,13H,7-12H2,1H3. The molecule has 0 unspecified atom stereocenters. The van der Waals surface area contributed by atoms with Crippen LogP contribution < -0.4 is 4.74 Å². The van der Waals surface area contributed by atoms with E-state index in [0.29, 0.717) is 12.3 Å². The number of thioether (sulfide) groups is 1. The molecule has 0 radical (unpaired) electrons. The van der Waals surface area contributed by atoms with E-state index in [-0.39, 0.29) is 5.91 Å². The predicted octanol–water partition coefficient (Wildman–Crippen LogP) is 2.70. The molecule has 1 aromatic heterocycles. The summed E-state index contributed by atoms with van der Waals surface area (Å²) in [4.78, 5) is 21.0. The van der Waals surface area contributed by atoms with E-state index in [1.54, 1.807) is 11.8 Å². The topological polar surface area (TPSA) is 45.7 Å². The molecule has 0 bridgehead atoms. The second kappa shape index (κ2) is 8.50. The molecule has 5 nitrogen and oxygen atoms in total. The number of nitrogens with zero attached hydrogens (tertiary/aromatic N) is 3. The van der Waals surface area contributed by atoms with Crippen LogP contribution in [0.2, 0.25) is 0 Å². The van der Waals surface area contributed by atoms with Gasteiger partial charge in [-0.25, -0.2) is 4.98 Å². The molecule has 1 amide bonds. The maximum Gasteiger partial charge on any atom is 0.273 e. The summed E-state index contributed by atoms with van der Waals surface area (Å²) in [6, 6.07) is 9.86. The number of hydrogen-bond donors (Lipinski definition) is 0. The molecule has 1 saturated heterocycles. The third kappa shape index (κ3) is 4.49. The highest BCUT2D eigenvalue weighted by molar-refractivity contribution is 8.00. The van der Waals surface area contributed by atoms with Gasteiger partial charge in [0, 0.05) is 38.1 Å². The van der Waals surface area contributed by atoms with Crippen molar-refractivity contribution in [1.29, 1.82) is 0 Å². The van der Waals surface area contributed by atoms with Crippen molar-refractivity contribution in [3.8, 4) is 5.75 Å². The first kappa shape index (κ1) is 17.3. The number of hydrogen-bond acceptors (Lipinski definition) is 6. The largest absolute Gasteiger partial charge is 0.492 e. The van der Waals surface area contributed by atoms with E-state index >= 15 is 0 Å². The van der Waals surface area contributed by atoms with Crippen molar-refractivity contribution in [2.24, 2.45) is 0 Å². The van der Waals surface area contributed by atoms with Crippen LogP contribution in [0, 0.1) is 0 Å². The van der Waals surface area contributed by atoms with Crippen LogP contribution in [0.1, 0.15) is 10.5 Å². The number of amides is 1. The molecule has 3 rings (SSSR count). The molecule has 1 aromatic carbocycles. The summed E-state index contributed by atoms with van der Waals surface area (Å²) in [7, 11) is 0. The minimum Gasteiger partial charge on any atom is -0.492 e. The maximum absolute atomic E-state index is 12.5. The number of ether oxygens (including phenoxy) is 1. The van der Waals surface area contributed by atoms with Gasteiger partial charge in [0.15, 0.2) is 0 Å². The summed E-state index contributed by atoms with van der Waals surface area (Å²) in [5.74, 6) is 0.950. The first-order valence-corrected chi connectivity index (χ1v) is 10.1. The quantitative estimate of drug-likeness (QED) is 0.739. The molecule has 24 heavy (non-hydrogen) atoms.